The molecule has 0 unspecified atom stereocenters. The molecule has 0 spiro atoms. The highest BCUT2D eigenvalue weighted by molar-refractivity contribution is 7.99. The van der Waals surface area contributed by atoms with E-state index in [-0.39, 0.29) is 17.6 Å². The average molecular weight is 296 g/mol. The number of rotatable bonds is 4. The van der Waals surface area contributed by atoms with E-state index in [2.05, 4.69) is 17.1 Å². The van der Waals surface area contributed by atoms with Gasteiger partial charge in [0.25, 0.3) is 0 Å². The Kier molecular flexibility index (Phi) is 3.87. The minimum atomic E-state index is -0.158. The summed E-state index contributed by atoms with van der Waals surface area (Å²) in [6.07, 6.45) is 4.24. The van der Waals surface area contributed by atoms with E-state index in [0.717, 1.165) is 44.7 Å². The van der Waals surface area contributed by atoms with Gasteiger partial charge in [-0.25, -0.2) is 9.89 Å². The standard InChI is InChI=1S/C13H20N4O2S/c1-9-4-6-16(7-5-9)11(18)8-20-13-15-14-12(19)17(13)10-2-3-10/h9-10H,2-8H2,1H3,(H,14,19). The maximum absolute atomic E-state index is 12.2. The molecular formula is C13H20N4O2S. The van der Waals surface area contributed by atoms with Gasteiger partial charge in [-0.05, 0) is 31.6 Å². The lowest BCUT2D eigenvalue weighted by molar-refractivity contribution is -0.129. The minimum absolute atomic E-state index is 0.152. The van der Waals surface area contributed by atoms with E-state index in [1.54, 1.807) is 4.57 Å². The summed E-state index contributed by atoms with van der Waals surface area (Å²) in [5, 5.41) is 7.15. The van der Waals surface area contributed by atoms with Crippen molar-refractivity contribution in [1.82, 2.24) is 19.7 Å². The fourth-order valence-electron chi connectivity index (χ4n) is 2.52. The summed E-state index contributed by atoms with van der Waals surface area (Å²) in [7, 11) is 0. The lowest BCUT2D eigenvalue weighted by atomic mass is 9.99. The summed E-state index contributed by atoms with van der Waals surface area (Å²) >= 11 is 1.37. The summed E-state index contributed by atoms with van der Waals surface area (Å²) in [4.78, 5) is 25.7. The summed E-state index contributed by atoms with van der Waals surface area (Å²) in [6, 6.07) is 0.287. The van der Waals surface area contributed by atoms with Crippen molar-refractivity contribution in [3.8, 4) is 0 Å². The Morgan fingerprint density at radius 2 is 2.05 bits per heavy atom. The molecule has 6 nitrogen and oxygen atoms in total. The number of H-pyrrole nitrogens is 1. The van der Waals surface area contributed by atoms with Crippen molar-refractivity contribution in [2.45, 2.75) is 43.8 Å². The van der Waals surface area contributed by atoms with Crippen molar-refractivity contribution in [2.24, 2.45) is 5.92 Å². The van der Waals surface area contributed by atoms with Gasteiger partial charge < -0.3 is 4.90 Å². The Hall–Kier alpha value is -1.24. The van der Waals surface area contributed by atoms with Crippen molar-refractivity contribution in [3.63, 3.8) is 0 Å². The number of hydrogen-bond donors (Lipinski definition) is 1. The van der Waals surface area contributed by atoms with E-state index in [1.165, 1.54) is 11.8 Å². The van der Waals surface area contributed by atoms with Crippen molar-refractivity contribution in [1.29, 1.82) is 0 Å². The van der Waals surface area contributed by atoms with Crippen LogP contribution >= 0.6 is 11.8 Å². The molecule has 1 aromatic heterocycles. The number of likely N-dealkylation sites (tertiary alicyclic amines) is 1. The van der Waals surface area contributed by atoms with Crippen LogP contribution < -0.4 is 5.69 Å². The first kappa shape index (κ1) is 13.7. The van der Waals surface area contributed by atoms with Crippen LogP contribution in [0.1, 0.15) is 38.6 Å². The monoisotopic (exact) mass is 296 g/mol. The minimum Gasteiger partial charge on any atom is -0.342 e. The molecule has 1 aliphatic carbocycles. The maximum Gasteiger partial charge on any atom is 0.344 e. The van der Waals surface area contributed by atoms with E-state index < -0.39 is 0 Å². The predicted octanol–water partition coefficient (Wildman–Crippen LogP) is 1.26. The highest BCUT2D eigenvalue weighted by Gasteiger charge is 2.29. The van der Waals surface area contributed by atoms with E-state index in [9.17, 15) is 9.59 Å². The van der Waals surface area contributed by atoms with Gasteiger partial charge in [0, 0.05) is 19.1 Å². The van der Waals surface area contributed by atoms with Crippen LogP contribution in [0.2, 0.25) is 0 Å². The zero-order chi connectivity index (χ0) is 14.1. The van der Waals surface area contributed by atoms with Crippen LogP contribution in [0.15, 0.2) is 9.95 Å². The van der Waals surface area contributed by atoms with Crippen LogP contribution in [0.5, 0.6) is 0 Å². The van der Waals surface area contributed by atoms with Crippen LogP contribution in [0, 0.1) is 5.92 Å². The van der Waals surface area contributed by atoms with Gasteiger partial charge in [0.05, 0.1) is 5.75 Å². The number of thioether (sulfide) groups is 1. The molecule has 1 saturated carbocycles. The van der Waals surface area contributed by atoms with Crippen LogP contribution in [0.3, 0.4) is 0 Å². The topological polar surface area (TPSA) is 71.0 Å². The molecule has 1 N–H and O–H groups in total. The van der Waals surface area contributed by atoms with E-state index in [4.69, 9.17) is 0 Å². The van der Waals surface area contributed by atoms with Crippen molar-refractivity contribution in [2.75, 3.05) is 18.8 Å². The number of carbonyl (C=O) groups excluding carboxylic acids is 1. The molecule has 1 aliphatic heterocycles. The molecule has 0 bridgehead atoms. The SMILES string of the molecule is CC1CCN(C(=O)CSc2n[nH]c(=O)n2C2CC2)CC1. The van der Waals surface area contributed by atoms with Gasteiger partial charge >= 0.3 is 5.69 Å². The highest BCUT2D eigenvalue weighted by atomic mass is 32.2. The zero-order valence-corrected chi connectivity index (χ0v) is 12.5. The molecule has 1 amide bonds. The van der Waals surface area contributed by atoms with E-state index >= 15 is 0 Å². The first-order valence-electron chi connectivity index (χ1n) is 7.22. The molecule has 20 heavy (non-hydrogen) atoms. The fraction of sp³-hybridized carbons (Fsp3) is 0.769. The fourth-order valence-corrected chi connectivity index (χ4v) is 3.44. The third kappa shape index (κ3) is 2.92. The first-order chi connectivity index (χ1) is 9.65. The number of nitrogens with one attached hydrogen (secondary N) is 1. The maximum atomic E-state index is 12.2. The Morgan fingerprint density at radius 1 is 1.35 bits per heavy atom. The quantitative estimate of drug-likeness (QED) is 0.849. The van der Waals surface area contributed by atoms with E-state index in [1.807, 2.05) is 4.90 Å². The molecule has 2 fully saturated rings. The van der Waals surface area contributed by atoms with Crippen LogP contribution in [0.4, 0.5) is 0 Å². The number of hydrogen-bond acceptors (Lipinski definition) is 4. The van der Waals surface area contributed by atoms with Gasteiger partial charge in [0.2, 0.25) is 5.91 Å². The highest BCUT2D eigenvalue weighted by Crippen LogP contribution is 2.36. The summed E-state index contributed by atoms with van der Waals surface area (Å²) in [6.45, 7) is 3.95. The number of aromatic amines is 1. The molecule has 110 valence electrons. The Labute approximate surface area is 121 Å². The Balaban J connectivity index is 1.57. The van der Waals surface area contributed by atoms with Gasteiger partial charge in [-0.15, -0.1) is 5.10 Å². The molecular weight excluding hydrogens is 276 g/mol. The second kappa shape index (κ2) is 5.63. The second-order valence-corrected chi connectivity index (χ2v) is 6.71. The van der Waals surface area contributed by atoms with Crippen LogP contribution in [0.25, 0.3) is 0 Å². The molecule has 3 rings (SSSR count). The van der Waals surface area contributed by atoms with Crippen molar-refractivity contribution in [3.05, 3.63) is 10.5 Å². The molecule has 0 atom stereocenters. The summed E-state index contributed by atoms with van der Waals surface area (Å²) < 4.78 is 1.69. The molecule has 1 saturated heterocycles. The molecule has 2 heterocycles. The average Bonchev–Trinajstić information content (AvgIpc) is 3.21. The van der Waals surface area contributed by atoms with E-state index in [0.29, 0.717) is 10.9 Å². The smallest absolute Gasteiger partial charge is 0.342 e. The van der Waals surface area contributed by atoms with Gasteiger partial charge in [-0.1, -0.05) is 18.7 Å². The van der Waals surface area contributed by atoms with Gasteiger partial charge in [0.1, 0.15) is 0 Å². The summed E-state index contributed by atoms with van der Waals surface area (Å²) in [5.74, 6) is 1.24. The summed E-state index contributed by atoms with van der Waals surface area (Å²) in [5.41, 5.74) is -0.158. The lowest BCUT2D eigenvalue weighted by Crippen LogP contribution is -2.39. The molecule has 2 aliphatic rings. The number of amides is 1. The van der Waals surface area contributed by atoms with Crippen LogP contribution in [-0.2, 0) is 4.79 Å². The Bertz CT molecular complexity index is 541. The molecule has 1 aromatic rings. The number of nitrogens with zero attached hydrogens (tertiary/aromatic N) is 3. The largest absolute Gasteiger partial charge is 0.344 e. The van der Waals surface area contributed by atoms with Gasteiger partial charge in [-0.2, -0.15) is 0 Å². The number of piperidine rings is 1. The third-order valence-electron chi connectivity index (χ3n) is 4.05. The molecule has 7 heteroatoms. The number of carbonyl (C=O) groups is 1. The van der Waals surface area contributed by atoms with Crippen LogP contribution in [-0.4, -0.2) is 44.4 Å². The number of aromatic nitrogens is 3. The molecule has 0 aromatic carbocycles. The van der Waals surface area contributed by atoms with Gasteiger partial charge in [0.15, 0.2) is 5.16 Å². The van der Waals surface area contributed by atoms with Crippen molar-refractivity contribution >= 4 is 17.7 Å². The third-order valence-corrected chi connectivity index (χ3v) is 4.98. The molecule has 0 radical (unpaired) electrons. The zero-order valence-electron chi connectivity index (χ0n) is 11.7. The van der Waals surface area contributed by atoms with Crippen molar-refractivity contribution < 1.29 is 4.79 Å². The normalized spacial score (nSPS) is 20.4. The van der Waals surface area contributed by atoms with Gasteiger partial charge in [-0.3, -0.25) is 9.36 Å². The predicted molar refractivity (Wildman–Crippen MR) is 76.8 cm³/mol. The first-order valence-corrected chi connectivity index (χ1v) is 8.21. The lowest BCUT2D eigenvalue weighted by Gasteiger charge is -2.30. The Morgan fingerprint density at radius 3 is 2.70 bits per heavy atom. The second-order valence-electron chi connectivity index (χ2n) is 5.76.